The van der Waals surface area contributed by atoms with E-state index in [0.29, 0.717) is 0 Å². The van der Waals surface area contributed by atoms with E-state index in [1.807, 2.05) is 0 Å². The fraction of sp³-hybridized carbons (Fsp3) is 1.00. The second kappa shape index (κ2) is 21.2. The molecule has 0 aromatic heterocycles. The molecule has 1 aliphatic rings. The van der Waals surface area contributed by atoms with Crippen LogP contribution in [0.2, 0.25) is 0 Å². The number of hydrogen-bond acceptors (Lipinski definition) is 2. The average Bonchev–Trinajstić information content (AvgIpc) is 2.75. The standard InChI is InChI=1S/C27H57N2P/c1-4-7-10-13-16-19-22-28-25-29(23-20-17-14-11-8-5-2)27-30(26-28)24-21-18-15-12-9-6-3/h4-27H2,1-3H3. The molecule has 0 radical (unpaired) electrons. The lowest BCUT2D eigenvalue weighted by molar-refractivity contribution is 0.148. The monoisotopic (exact) mass is 440 g/mol. The molecule has 0 unspecified atom stereocenters. The highest BCUT2D eigenvalue weighted by Crippen LogP contribution is 2.41. The summed E-state index contributed by atoms with van der Waals surface area (Å²) in [5.41, 5.74) is 0. The Morgan fingerprint density at radius 1 is 0.467 bits per heavy atom. The molecule has 180 valence electrons. The summed E-state index contributed by atoms with van der Waals surface area (Å²) in [5.74, 6) is 0. The lowest BCUT2D eigenvalue weighted by Gasteiger charge is -2.41. The first kappa shape index (κ1) is 28.4. The first-order chi connectivity index (χ1) is 14.8. The maximum absolute atomic E-state index is 2.84. The van der Waals surface area contributed by atoms with Gasteiger partial charge in [-0.15, -0.1) is 0 Å². The highest BCUT2D eigenvalue weighted by molar-refractivity contribution is 7.57. The van der Waals surface area contributed by atoms with Crippen LogP contribution in [0.5, 0.6) is 0 Å². The first-order valence-corrected chi connectivity index (χ1v) is 15.9. The van der Waals surface area contributed by atoms with E-state index in [9.17, 15) is 0 Å². The molecule has 1 heterocycles. The van der Waals surface area contributed by atoms with Crippen molar-refractivity contribution in [3.63, 3.8) is 0 Å². The summed E-state index contributed by atoms with van der Waals surface area (Å²) >= 11 is 0. The molecule has 3 heteroatoms. The third-order valence-corrected chi connectivity index (χ3v) is 9.23. The van der Waals surface area contributed by atoms with E-state index in [-0.39, 0.29) is 7.92 Å². The van der Waals surface area contributed by atoms with Crippen molar-refractivity contribution in [3.05, 3.63) is 0 Å². The molecular weight excluding hydrogens is 383 g/mol. The van der Waals surface area contributed by atoms with E-state index in [1.165, 1.54) is 154 Å². The number of hydrogen-bond donors (Lipinski definition) is 0. The molecule has 1 fully saturated rings. The third-order valence-electron chi connectivity index (χ3n) is 6.68. The van der Waals surface area contributed by atoms with Gasteiger partial charge in [0.25, 0.3) is 0 Å². The van der Waals surface area contributed by atoms with Crippen molar-refractivity contribution >= 4 is 7.92 Å². The fourth-order valence-electron chi connectivity index (χ4n) is 4.75. The zero-order valence-corrected chi connectivity index (χ0v) is 22.2. The van der Waals surface area contributed by atoms with E-state index in [4.69, 9.17) is 0 Å². The van der Waals surface area contributed by atoms with Crippen molar-refractivity contribution in [2.75, 3.05) is 38.5 Å². The molecule has 1 saturated heterocycles. The summed E-state index contributed by atoms with van der Waals surface area (Å²) in [6.45, 7) is 10.9. The molecular formula is C27H57N2P. The highest BCUT2D eigenvalue weighted by Gasteiger charge is 2.24. The molecule has 0 atom stereocenters. The minimum absolute atomic E-state index is 0.217. The van der Waals surface area contributed by atoms with Gasteiger partial charge in [-0.05, 0) is 38.5 Å². The summed E-state index contributed by atoms with van der Waals surface area (Å²) in [6.07, 6.45) is 30.3. The Bertz CT molecular complexity index is 291. The highest BCUT2D eigenvalue weighted by atomic mass is 31.1. The van der Waals surface area contributed by atoms with E-state index < -0.39 is 0 Å². The van der Waals surface area contributed by atoms with Crippen LogP contribution in [-0.4, -0.2) is 48.3 Å². The quantitative estimate of drug-likeness (QED) is 0.130. The maximum Gasteiger partial charge on any atom is 0.0513 e. The van der Waals surface area contributed by atoms with Crippen LogP contribution < -0.4 is 0 Å². The summed E-state index contributed by atoms with van der Waals surface area (Å²) in [5, 5.41) is 0. The normalized spacial score (nSPS) is 16.5. The van der Waals surface area contributed by atoms with Crippen molar-refractivity contribution in [1.82, 2.24) is 9.80 Å². The van der Waals surface area contributed by atoms with Gasteiger partial charge in [-0.3, -0.25) is 9.80 Å². The van der Waals surface area contributed by atoms with Crippen molar-refractivity contribution < 1.29 is 0 Å². The average molecular weight is 441 g/mol. The second-order valence-corrected chi connectivity index (χ2v) is 12.3. The smallest absolute Gasteiger partial charge is 0.0513 e. The lowest BCUT2D eigenvalue weighted by atomic mass is 10.1. The van der Waals surface area contributed by atoms with Crippen LogP contribution in [0.15, 0.2) is 0 Å². The molecule has 0 aromatic rings. The van der Waals surface area contributed by atoms with Crippen LogP contribution in [0.1, 0.15) is 136 Å². The van der Waals surface area contributed by atoms with Crippen LogP contribution in [0.3, 0.4) is 0 Å². The van der Waals surface area contributed by atoms with Crippen molar-refractivity contribution in [3.8, 4) is 0 Å². The van der Waals surface area contributed by atoms with Crippen molar-refractivity contribution in [2.24, 2.45) is 0 Å². The van der Waals surface area contributed by atoms with Gasteiger partial charge in [0.05, 0.1) is 6.67 Å². The number of rotatable bonds is 21. The van der Waals surface area contributed by atoms with E-state index in [0.717, 1.165) is 0 Å². The molecule has 0 spiro atoms. The van der Waals surface area contributed by atoms with Crippen LogP contribution >= 0.6 is 7.92 Å². The van der Waals surface area contributed by atoms with E-state index >= 15 is 0 Å². The molecule has 0 N–H and O–H groups in total. The molecule has 30 heavy (non-hydrogen) atoms. The first-order valence-electron chi connectivity index (χ1n) is 14.0. The SMILES string of the molecule is CCCCCCCCN1CN(CCCCCCCC)CP(CCCCCCCC)C1. The lowest BCUT2D eigenvalue weighted by Crippen LogP contribution is -2.44. The summed E-state index contributed by atoms with van der Waals surface area (Å²) in [7, 11) is 0.217. The molecule has 0 aliphatic carbocycles. The van der Waals surface area contributed by atoms with Gasteiger partial charge in [0.2, 0.25) is 0 Å². The largest absolute Gasteiger partial charge is 0.286 e. The fourth-order valence-corrected chi connectivity index (χ4v) is 7.39. The van der Waals surface area contributed by atoms with Gasteiger partial charge in [-0.25, -0.2) is 0 Å². The van der Waals surface area contributed by atoms with Gasteiger partial charge in [-0.1, -0.05) is 125 Å². The van der Waals surface area contributed by atoms with E-state index in [2.05, 4.69) is 30.6 Å². The minimum Gasteiger partial charge on any atom is -0.286 e. The van der Waals surface area contributed by atoms with Crippen molar-refractivity contribution in [1.29, 1.82) is 0 Å². The summed E-state index contributed by atoms with van der Waals surface area (Å²) in [4.78, 5) is 5.67. The second-order valence-electron chi connectivity index (χ2n) is 9.91. The minimum atomic E-state index is 0.217. The van der Waals surface area contributed by atoms with Crippen LogP contribution in [-0.2, 0) is 0 Å². The topological polar surface area (TPSA) is 6.48 Å². The summed E-state index contributed by atoms with van der Waals surface area (Å²) in [6, 6.07) is 0. The Morgan fingerprint density at radius 3 is 1.27 bits per heavy atom. The third kappa shape index (κ3) is 16.0. The van der Waals surface area contributed by atoms with Crippen molar-refractivity contribution in [2.45, 2.75) is 136 Å². The Balaban J connectivity index is 2.29. The Kier molecular flexibility index (Phi) is 20.1. The van der Waals surface area contributed by atoms with Gasteiger partial charge in [0.15, 0.2) is 0 Å². The molecule has 1 aliphatic heterocycles. The molecule has 0 aromatic carbocycles. The zero-order chi connectivity index (χ0) is 21.7. The summed E-state index contributed by atoms with van der Waals surface area (Å²) < 4.78 is 0. The number of nitrogens with zero attached hydrogens (tertiary/aromatic N) is 2. The number of unbranched alkanes of at least 4 members (excludes halogenated alkanes) is 15. The van der Waals surface area contributed by atoms with Gasteiger partial charge in [0.1, 0.15) is 0 Å². The molecule has 0 saturated carbocycles. The molecule has 1 rings (SSSR count). The predicted octanol–water partition coefficient (Wildman–Crippen LogP) is 9.04. The van der Waals surface area contributed by atoms with Gasteiger partial charge in [0, 0.05) is 12.6 Å². The van der Waals surface area contributed by atoms with Crippen LogP contribution in [0.25, 0.3) is 0 Å². The van der Waals surface area contributed by atoms with Gasteiger partial charge in [-0.2, -0.15) is 0 Å². The Hall–Kier alpha value is 0.350. The zero-order valence-electron chi connectivity index (χ0n) is 21.3. The Labute approximate surface area is 192 Å². The molecule has 0 bridgehead atoms. The predicted molar refractivity (Wildman–Crippen MR) is 140 cm³/mol. The van der Waals surface area contributed by atoms with Crippen LogP contribution in [0, 0.1) is 0 Å². The maximum atomic E-state index is 2.84. The van der Waals surface area contributed by atoms with E-state index in [1.54, 1.807) is 0 Å². The van der Waals surface area contributed by atoms with Crippen LogP contribution in [0.4, 0.5) is 0 Å². The Morgan fingerprint density at radius 2 is 0.833 bits per heavy atom. The molecule has 0 amide bonds. The van der Waals surface area contributed by atoms with Gasteiger partial charge >= 0.3 is 0 Å². The van der Waals surface area contributed by atoms with Gasteiger partial charge < -0.3 is 0 Å². The molecule has 2 nitrogen and oxygen atoms in total.